The molecule has 0 amide bonds. The second-order valence-corrected chi connectivity index (χ2v) is 5.54. The number of rotatable bonds is 5. The summed E-state index contributed by atoms with van der Waals surface area (Å²) in [6.07, 6.45) is 7.30. The minimum atomic E-state index is 0.522. The van der Waals surface area contributed by atoms with Gasteiger partial charge in [-0.1, -0.05) is 18.2 Å². The molecule has 3 heteroatoms. The number of allylic oxidation sites excluding steroid dienone is 2. The van der Waals surface area contributed by atoms with Gasteiger partial charge in [0.15, 0.2) is 11.5 Å². The molecule has 1 saturated carbocycles. The molecule has 1 aromatic carbocycles. The lowest BCUT2D eigenvalue weighted by atomic mass is 9.95. The van der Waals surface area contributed by atoms with Crippen LogP contribution in [-0.4, -0.2) is 13.7 Å². The van der Waals surface area contributed by atoms with E-state index in [1.807, 2.05) is 18.2 Å². The first-order valence-corrected chi connectivity index (χ1v) is 6.98. The molecule has 2 bridgehead atoms. The largest absolute Gasteiger partial charge is 0.493 e. The van der Waals surface area contributed by atoms with Gasteiger partial charge in [0.05, 0.1) is 13.7 Å². The Bertz CT molecular complexity index is 484. The monoisotopic (exact) mass is 259 g/mol. The van der Waals surface area contributed by atoms with E-state index in [0.717, 1.165) is 35.5 Å². The maximum atomic E-state index is 5.96. The van der Waals surface area contributed by atoms with E-state index >= 15 is 0 Å². The molecule has 19 heavy (non-hydrogen) atoms. The maximum absolute atomic E-state index is 5.96. The van der Waals surface area contributed by atoms with Crippen LogP contribution in [0.15, 0.2) is 30.4 Å². The van der Waals surface area contributed by atoms with E-state index in [0.29, 0.717) is 12.5 Å². The molecule has 2 aliphatic rings. The lowest BCUT2D eigenvalue weighted by Gasteiger charge is -2.19. The van der Waals surface area contributed by atoms with Crippen LogP contribution >= 0.6 is 0 Å². The lowest BCUT2D eigenvalue weighted by molar-refractivity contribution is 0.219. The molecule has 0 radical (unpaired) electrons. The smallest absolute Gasteiger partial charge is 0.161 e. The number of ether oxygens (including phenoxy) is 2. The summed E-state index contributed by atoms with van der Waals surface area (Å²) in [5, 5.41) is 0. The highest BCUT2D eigenvalue weighted by molar-refractivity contribution is 5.42. The highest BCUT2D eigenvalue weighted by atomic mass is 16.5. The number of fused-ring (bicyclic) bond motifs is 2. The van der Waals surface area contributed by atoms with E-state index in [4.69, 9.17) is 15.2 Å². The summed E-state index contributed by atoms with van der Waals surface area (Å²) in [5.74, 6) is 3.78. The fraction of sp³-hybridized carbons (Fsp3) is 0.500. The predicted octanol–water partition coefficient (Wildman–Crippen LogP) is 2.74. The maximum Gasteiger partial charge on any atom is 0.161 e. The first-order valence-electron chi connectivity index (χ1n) is 6.98. The second-order valence-electron chi connectivity index (χ2n) is 5.54. The van der Waals surface area contributed by atoms with Gasteiger partial charge in [0.25, 0.3) is 0 Å². The van der Waals surface area contributed by atoms with Crippen molar-refractivity contribution in [3.8, 4) is 11.5 Å². The van der Waals surface area contributed by atoms with Crippen molar-refractivity contribution < 1.29 is 9.47 Å². The molecule has 3 unspecified atom stereocenters. The van der Waals surface area contributed by atoms with Gasteiger partial charge >= 0.3 is 0 Å². The van der Waals surface area contributed by atoms with Crippen LogP contribution in [0.1, 0.15) is 18.4 Å². The van der Waals surface area contributed by atoms with Crippen LogP contribution in [0.25, 0.3) is 0 Å². The minimum Gasteiger partial charge on any atom is -0.493 e. The van der Waals surface area contributed by atoms with Gasteiger partial charge in [0.2, 0.25) is 0 Å². The number of benzene rings is 1. The number of methoxy groups -OCH3 is 1. The molecule has 0 aliphatic heterocycles. The topological polar surface area (TPSA) is 44.5 Å². The summed E-state index contributed by atoms with van der Waals surface area (Å²) < 4.78 is 11.3. The van der Waals surface area contributed by atoms with Crippen LogP contribution in [0.2, 0.25) is 0 Å². The normalized spacial score (nSPS) is 27.8. The summed E-state index contributed by atoms with van der Waals surface area (Å²) in [6, 6.07) is 5.92. The van der Waals surface area contributed by atoms with Crippen molar-refractivity contribution in [1.29, 1.82) is 0 Å². The Morgan fingerprint density at radius 1 is 1.21 bits per heavy atom. The van der Waals surface area contributed by atoms with Gasteiger partial charge in [0.1, 0.15) is 0 Å². The van der Waals surface area contributed by atoms with Crippen molar-refractivity contribution in [2.45, 2.75) is 19.4 Å². The molecule has 0 spiro atoms. The first-order chi connectivity index (χ1) is 9.30. The molecule has 1 aromatic rings. The van der Waals surface area contributed by atoms with Gasteiger partial charge < -0.3 is 15.2 Å². The van der Waals surface area contributed by atoms with Crippen molar-refractivity contribution in [2.75, 3.05) is 13.7 Å². The molecule has 1 fully saturated rings. The first kappa shape index (κ1) is 12.5. The van der Waals surface area contributed by atoms with Crippen molar-refractivity contribution in [3.63, 3.8) is 0 Å². The highest BCUT2D eigenvalue weighted by Crippen LogP contribution is 2.43. The quantitative estimate of drug-likeness (QED) is 0.827. The Kier molecular flexibility index (Phi) is 3.47. The predicted molar refractivity (Wildman–Crippen MR) is 75.2 cm³/mol. The van der Waals surface area contributed by atoms with Gasteiger partial charge in [-0.25, -0.2) is 0 Å². The van der Waals surface area contributed by atoms with Crippen LogP contribution < -0.4 is 15.2 Å². The molecular weight excluding hydrogens is 238 g/mol. The van der Waals surface area contributed by atoms with Crippen molar-refractivity contribution in [1.82, 2.24) is 0 Å². The molecule has 3 rings (SSSR count). The van der Waals surface area contributed by atoms with E-state index < -0.39 is 0 Å². The van der Waals surface area contributed by atoms with Gasteiger partial charge in [-0.3, -0.25) is 0 Å². The van der Waals surface area contributed by atoms with Gasteiger partial charge in [0, 0.05) is 6.54 Å². The third kappa shape index (κ3) is 2.47. The van der Waals surface area contributed by atoms with Crippen LogP contribution in [0.3, 0.4) is 0 Å². The van der Waals surface area contributed by atoms with Crippen LogP contribution in [0.4, 0.5) is 0 Å². The zero-order chi connectivity index (χ0) is 13.2. The van der Waals surface area contributed by atoms with E-state index in [1.54, 1.807) is 7.11 Å². The summed E-state index contributed by atoms with van der Waals surface area (Å²) in [4.78, 5) is 0. The Morgan fingerprint density at radius 2 is 2.11 bits per heavy atom. The Balaban J connectivity index is 1.65. The number of hydrogen-bond donors (Lipinski definition) is 1. The number of hydrogen-bond acceptors (Lipinski definition) is 3. The van der Waals surface area contributed by atoms with Crippen LogP contribution in [0, 0.1) is 17.8 Å². The average Bonchev–Trinajstić information content (AvgIpc) is 3.07. The van der Waals surface area contributed by atoms with E-state index in [-0.39, 0.29) is 0 Å². The average molecular weight is 259 g/mol. The molecule has 0 heterocycles. The zero-order valence-electron chi connectivity index (χ0n) is 11.3. The minimum absolute atomic E-state index is 0.522. The molecule has 3 nitrogen and oxygen atoms in total. The van der Waals surface area contributed by atoms with Gasteiger partial charge in [-0.05, 0) is 48.3 Å². The molecule has 0 aromatic heterocycles. The van der Waals surface area contributed by atoms with E-state index in [1.165, 1.54) is 12.8 Å². The molecule has 0 saturated heterocycles. The Morgan fingerprint density at radius 3 is 2.74 bits per heavy atom. The van der Waals surface area contributed by atoms with Crippen molar-refractivity contribution in [2.24, 2.45) is 23.5 Å². The number of nitrogens with two attached hydrogens (primary N) is 1. The lowest BCUT2D eigenvalue weighted by Crippen LogP contribution is -2.16. The standard InChI is InChI=1S/C16H21NO2/c1-18-16-8-12(9-17)3-5-15(16)19-10-14-7-11-2-4-13(14)6-11/h2-5,8,11,13-14H,6-7,9-10,17H2,1H3. The van der Waals surface area contributed by atoms with Crippen LogP contribution in [-0.2, 0) is 6.54 Å². The summed E-state index contributed by atoms with van der Waals surface area (Å²) in [7, 11) is 1.67. The summed E-state index contributed by atoms with van der Waals surface area (Å²) >= 11 is 0. The molecule has 2 N–H and O–H groups in total. The van der Waals surface area contributed by atoms with Crippen LogP contribution in [0.5, 0.6) is 11.5 Å². The zero-order valence-corrected chi connectivity index (χ0v) is 11.3. The molecular formula is C16H21NO2. The Hall–Kier alpha value is -1.48. The van der Waals surface area contributed by atoms with E-state index in [2.05, 4.69) is 12.2 Å². The third-order valence-electron chi connectivity index (χ3n) is 4.33. The van der Waals surface area contributed by atoms with Crippen molar-refractivity contribution in [3.05, 3.63) is 35.9 Å². The van der Waals surface area contributed by atoms with E-state index in [9.17, 15) is 0 Å². The van der Waals surface area contributed by atoms with Gasteiger partial charge in [-0.2, -0.15) is 0 Å². The summed E-state index contributed by atoms with van der Waals surface area (Å²) in [5.41, 5.74) is 6.70. The fourth-order valence-corrected chi connectivity index (χ4v) is 3.24. The third-order valence-corrected chi connectivity index (χ3v) is 4.33. The summed E-state index contributed by atoms with van der Waals surface area (Å²) in [6.45, 7) is 1.30. The highest BCUT2D eigenvalue weighted by Gasteiger charge is 2.35. The Labute approximate surface area is 114 Å². The molecule has 3 atom stereocenters. The van der Waals surface area contributed by atoms with Gasteiger partial charge in [-0.15, -0.1) is 0 Å². The second kappa shape index (κ2) is 5.25. The van der Waals surface area contributed by atoms with Crippen molar-refractivity contribution >= 4 is 0 Å². The molecule has 2 aliphatic carbocycles. The SMILES string of the molecule is COc1cc(CN)ccc1OCC1CC2C=CC1C2. The molecule has 102 valence electrons. The fourth-order valence-electron chi connectivity index (χ4n) is 3.24.